The molecule has 2 heterocycles. The summed E-state index contributed by atoms with van der Waals surface area (Å²) in [5, 5.41) is 3.56. The summed E-state index contributed by atoms with van der Waals surface area (Å²) in [4.78, 5) is 19.6. The molecule has 0 saturated carbocycles. The number of aromatic nitrogens is 1. The zero-order valence-corrected chi connectivity index (χ0v) is 12.0. The summed E-state index contributed by atoms with van der Waals surface area (Å²) in [6.07, 6.45) is 0. The molecule has 0 fully saturated rings. The number of thiazole rings is 1. The van der Waals surface area contributed by atoms with E-state index < -0.39 is 0 Å². The fourth-order valence-corrected chi connectivity index (χ4v) is 3.22. The topological polar surface area (TPSA) is 71.2 Å². The van der Waals surface area contributed by atoms with E-state index >= 15 is 0 Å². The molecule has 1 aliphatic rings. The molecule has 5 nitrogen and oxygen atoms in total. The number of carbonyl (C=O) groups excluding carboxylic acids is 1. The second-order valence-corrected chi connectivity index (χ2v) is 6.05. The molecular formula is C14H16N4OS. The van der Waals surface area contributed by atoms with Gasteiger partial charge in [0.05, 0.1) is 12.2 Å². The highest BCUT2D eigenvalue weighted by molar-refractivity contribution is 7.15. The van der Waals surface area contributed by atoms with Crippen LogP contribution in [0, 0.1) is 6.92 Å². The van der Waals surface area contributed by atoms with Gasteiger partial charge in [-0.25, -0.2) is 4.98 Å². The van der Waals surface area contributed by atoms with E-state index in [0.29, 0.717) is 18.2 Å². The quantitative estimate of drug-likeness (QED) is 0.906. The molecule has 0 saturated heterocycles. The molecule has 20 heavy (non-hydrogen) atoms. The summed E-state index contributed by atoms with van der Waals surface area (Å²) in [5.74, 6) is 0.00225. The number of fused-ring (bicyclic) bond motifs is 1. The first-order valence-electron chi connectivity index (χ1n) is 6.43. The third kappa shape index (κ3) is 2.66. The number of aryl methyl sites for hydroxylation is 1. The van der Waals surface area contributed by atoms with Crippen LogP contribution in [0.25, 0.3) is 0 Å². The van der Waals surface area contributed by atoms with Gasteiger partial charge in [0.1, 0.15) is 0 Å². The molecule has 6 heteroatoms. The van der Waals surface area contributed by atoms with Crippen molar-refractivity contribution in [1.82, 2.24) is 9.88 Å². The highest BCUT2D eigenvalue weighted by Crippen LogP contribution is 2.29. The van der Waals surface area contributed by atoms with E-state index in [4.69, 9.17) is 5.73 Å². The number of carbonyl (C=O) groups is 1. The molecule has 1 aliphatic heterocycles. The number of para-hydroxylation sites is 1. The summed E-state index contributed by atoms with van der Waals surface area (Å²) < 4.78 is 0. The summed E-state index contributed by atoms with van der Waals surface area (Å²) in [5.41, 5.74) is 8.61. The van der Waals surface area contributed by atoms with Crippen molar-refractivity contribution in [3.63, 3.8) is 0 Å². The SMILES string of the molecule is Cc1ccccc1NC(=O)CN1Cc2nc(N)sc2C1. The Kier molecular flexibility index (Phi) is 3.42. The highest BCUT2D eigenvalue weighted by Gasteiger charge is 2.24. The Morgan fingerprint density at radius 1 is 1.45 bits per heavy atom. The maximum atomic E-state index is 12.1. The Morgan fingerprint density at radius 3 is 3.00 bits per heavy atom. The lowest BCUT2D eigenvalue weighted by Crippen LogP contribution is -2.29. The lowest BCUT2D eigenvalue weighted by Gasteiger charge is -2.15. The van der Waals surface area contributed by atoms with Crippen molar-refractivity contribution >= 4 is 28.1 Å². The van der Waals surface area contributed by atoms with Crippen molar-refractivity contribution in [3.05, 3.63) is 40.4 Å². The maximum Gasteiger partial charge on any atom is 0.238 e. The normalized spacial score (nSPS) is 14.2. The van der Waals surface area contributed by atoms with E-state index in [9.17, 15) is 4.79 Å². The van der Waals surface area contributed by atoms with Crippen LogP contribution >= 0.6 is 11.3 Å². The summed E-state index contributed by atoms with van der Waals surface area (Å²) in [7, 11) is 0. The number of nitrogen functional groups attached to an aromatic ring is 1. The minimum atomic E-state index is 0.00225. The Morgan fingerprint density at radius 2 is 2.25 bits per heavy atom. The lowest BCUT2D eigenvalue weighted by atomic mass is 10.2. The first kappa shape index (κ1) is 13.1. The standard InChI is InChI=1S/C14H16N4OS/c1-9-4-2-3-5-10(9)16-13(19)8-18-6-11-12(7-18)20-14(15)17-11/h2-5H,6-8H2,1H3,(H2,15,17)(H,16,19). The number of hydrogen-bond acceptors (Lipinski definition) is 5. The van der Waals surface area contributed by atoms with Gasteiger partial charge < -0.3 is 11.1 Å². The third-order valence-electron chi connectivity index (χ3n) is 3.32. The van der Waals surface area contributed by atoms with Crippen molar-refractivity contribution < 1.29 is 4.79 Å². The molecule has 0 atom stereocenters. The molecule has 0 spiro atoms. The molecule has 1 amide bonds. The smallest absolute Gasteiger partial charge is 0.238 e. The monoisotopic (exact) mass is 288 g/mol. The summed E-state index contributed by atoms with van der Waals surface area (Å²) >= 11 is 1.51. The Bertz CT molecular complexity index is 629. The minimum absolute atomic E-state index is 0.00225. The number of nitrogens with zero attached hydrogens (tertiary/aromatic N) is 2. The maximum absolute atomic E-state index is 12.1. The Hall–Kier alpha value is -1.92. The second kappa shape index (κ2) is 5.22. The molecular weight excluding hydrogens is 272 g/mol. The van der Waals surface area contributed by atoms with Crippen LogP contribution in [0.3, 0.4) is 0 Å². The molecule has 0 aliphatic carbocycles. The van der Waals surface area contributed by atoms with E-state index in [1.165, 1.54) is 16.2 Å². The molecule has 1 aromatic heterocycles. The van der Waals surface area contributed by atoms with Gasteiger partial charge in [-0.2, -0.15) is 0 Å². The van der Waals surface area contributed by atoms with Crippen molar-refractivity contribution in [1.29, 1.82) is 0 Å². The van der Waals surface area contributed by atoms with Gasteiger partial charge in [-0.15, -0.1) is 11.3 Å². The Labute approximate surface area is 121 Å². The van der Waals surface area contributed by atoms with Gasteiger partial charge in [0.15, 0.2) is 5.13 Å². The first-order chi connectivity index (χ1) is 9.61. The van der Waals surface area contributed by atoms with E-state index in [0.717, 1.165) is 23.5 Å². The zero-order valence-electron chi connectivity index (χ0n) is 11.2. The second-order valence-electron chi connectivity index (χ2n) is 4.93. The predicted octanol–water partition coefficient (Wildman–Crippen LogP) is 1.99. The minimum Gasteiger partial charge on any atom is -0.375 e. The Balaban J connectivity index is 1.58. The molecule has 3 N–H and O–H groups in total. The van der Waals surface area contributed by atoms with Gasteiger partial charge in [0.25, 0.3) is 0 Å². The fraction of sp³-hybridized carbons (Fsp3) is 0.286. The first-order valence-corrected chi connectivity index (χ1v) is 7.25. The molecule has 104 valence electrons. The largest absolute Gasteiger partial charge is 0.375 e. The van der Waals surface area contributed by atoms with Crippen LogP contribution in [0.2, 0.25) is 0 Å². The van der Waals surface area contributed by atoms with Gasteiger partial charge in [-0.1, -0.05) is 18.2 Å². The average molecular weight is 288 g/mol. The predicted molar refractivity (Wildman–Crippen MR) is 80.4 cm³/mol. The summed E-state index contributed by atoms with van der Waals surface area (Å²) in [6.45, 7) is 3.81. The highest BCUT2D eigenvalue weighted by atomic mass is 32.1. The average Bonchev–Trinajstić information content (AvgIpc) is 2.88. The van der Waals surface area contributed by atoms with Crippen LogP contribution in [0.15, 0.2) is 24.3 Å². The van der Waals surface area contributed by atoms with Gasteiger partial charge in [-0.3, -0.25) is 9.69 Å². The molecule has 0 radical (unpaired) electrons. The number of amides is 1. The van der Waals surface area contributed by atoms with Crippen molar-refractivity contribution in [2.75, 3.05) is 17.6 Å². The van der Waals surface area contributed by atoms with Gasteiger partial charge >= 0.3 is 0 Å². The van der Waals surface area contributed by atoms with Crippen molar-refractivity contribution in [2.45, 2.75) is 20.0 Å². The van der Waals surface area contributed by atoms with Crippen LogP contribution in [-0.2, 0) is 17.9 Å². The number of benzene rings is 1. The number of nitrogens with two attached hydrogens (primary N) is 1. The van der Waals surface area contributed by atoms with E-state index in [-0.39, 0.29) is 5.91 Å². The van der Waals surface area contributed by atoms with Crippen molar-refractivity contribution in [3.8, 4) is 0 Å². The third-order valence-corrected chi connectivity index (χ3v) is 4.23. The molecule has 2 aromatic rings. The molecule has 0 bridgehead atoms. The van der Waals surface area contributed by atoms with Gasteiger partial charge in [0.2, 0.25) is 5.91 Å². The van der Waals surface area contributed by atoms with E-state index in [1.54, 1.807) is 0 Å². The van der Waals surface area contributed by atoms with Crippen molar-refractivity contribution in [2.24, 2.45) is 0 Å². The lowest BCUT2D eigenvalue weighted by molar-refractivity contribution is -0.117. The van der Waals surface area contributed by atoms with Gasteiger partial charge in [-0.05, 0) is 18.6 Å². The number of nitrogens with one attached hydrogen (secondary N) is 1. The van der Waals surface area contributed by atoms with Gasteiger partial charge in [0, 0.05) is 23.7 Å². The van der Waals surface area contributed by atoms with E-state index in [1.807, 2.05) is 31.2 Å². The number of anilines is 2. The van der Waals surface area contributed by atoms with Crippen LogP contribution < -0.4 is 11.1 Å². The summed E-state index contributed by atoms with van der Waals surface area (Å²) in [6, 6.07) is 7.77. The zero-order chi connectivity index (χ0) is 14.1. The fourth-order valence-electron chi connectivity index (χ4n) is 2.34. The van der Waals surface area contributed by atoms with E-state index in [2.05, 4.69) is 15.2 Å². The molecule has 1 aromatic carbocycles. The van der Waals surface area contributed by atoms with Crippen LogP contribution in [0.4, 0.5) is 10.8 Å². The number of rotatable bonds is 3. The van der Waals surface area contributed by atoms with Crippen LogP contribution in [0.5, 0.6) is 0 Å². The van der Waals surface area contributed by atoms with Crippen LogP contribution in [-0.4, -0.2) is 22.3 Å². The van der Waals surface area contributed by atoms with Crippen LogP contribution in [0.1, 0.15) is 16.1 Å². The molecule has 3 rings (SSSR count). The molecule has 0 unspecified atom stereocenters. The number of hydrogen-bond donors (Lipinski definition) is 2.